The van der Waals surface area contributed by atoms with Crippen LogP contribution in [0.1, 0.15) is 18.6 Å². The van der Waals surface area contributed by atoms with E-state index in [2.05, 4.69) is 36.8 Å². The SMILES string of the molecule is CCn1ncnc1CN1CC2CN(Cc3nc4ccsc4c(=O)[nH]3)CC2(CO)C1. The lowest BCUT2D eigenvalue weighted by atomic mass is 9.82. The number of aliphatic hydroxyl groups is 1. The summed E-state index contributed by atoms with van der Waals surface area (Å²) in [5.74, 6) is 2.06. The molecule has 2 saturated heterocycles. The van der Waals surface area contributed by atoms with Crippen LogP contribution >= 0.6 is 11.3 Å². The van der Waals surface area contributed by atoms with Crippen molar-refractivity contribution in [1.29, 1.82) is 0 Å². The lowest BCUT2D eigenvalue weighted by Gasteiger charge is -2.27. The first kappa shape index (κ1) is 18.9. The van der Waals surface area contributed by atoms with E-state index < -0.39 is 0 Å². The number of likely N-dealkylation sites (tertiary alicyclic amines) is 2. The lowest BCUT2D eigenvalue weighted by molar-refractivity contribution is 0.109. The standard InChI is InChI=1S/C19H25N7O2S/c1-2-26-16(20-12-21-26)8-25-6-13-5-24(9-19(13,10-25)11-27)7-15-22-14-3-4-29-17(14)18(28)23-15/h3-4,12-13,27H,2,5-11H2,1H3,(H,22,23,28). The Hall–Kier alpha value is -2.14. The Kier molecular flexibility index (Phi) is 4.73. The van der Waals surface area contributed by atoms with Crippen LogP contribution in [-0.4, -0.2) is 72.4 Å². The predicted molar refractivity (Wildman–Crippen MR) is 109 cm³/mol. The van der Waals surface area contributed by atoms with E-state index in [1.807, 2.05) is 16.1 Å². The van der Waals surface area contributed by atoms with Crippen LogP contribution < -0.4 is 5.56 Å². The summed E-state index contributed by atoms with van der Waals surface area (Å²) in [6.07, 6.45) is 1.61. The molecule has 2 atom stereocenters. The number of hydrogen-bond acceptors (Lipinski definition) is 8. The van der Waals surface area contributed by atoms with Gasteiger partial charge in [0.15, 0.2) is 0 Å². The zero-order valence-electron chi connectivity index (χ0n) is 16.4. The van der Waals surface area contributed by atoms with Gasteiger partial charge in [0.25, 0.3) is 5.56 Å². The lowest BCUT2D eigenvalue weighted by Crippen LogP contribution is -2.37. The maximum Gasteiger partial charge on any atom is 0.268 e. The van der Waals surface area contributed by atoms with Crippen molar-refractivity contribution in [2.75, 3.05) is 32.8 Å². The van der Waals surface area contributed by atoms with E-state index in [0.717, 1.165) is 50.6 Å². The van der Waals surface area contributed by atoms with E-state index in [4.69, 9.17) is 0 Å². The van der Waals surface area contributed by atoms with E-state index in [9.17, 15) is 9.90 Å². The number of aromatic amines is 1. The zero-order chi connectivity index (χ0) is 20.0. The Balaban J connectivity index is 1.28. The third kappa shape index (κ3) is 3.29. The first-order valence-corrected chi connectivity index (χ1v) is 10.9. The van der Waals surface area contributed by atoms with E-state index in [-0.39, 0.29) is 17.6 Å². The number of nitrogens with one attached hydrogen (secondary N) is 1. The number of thiophene rings is 1. The molecule has 2 N–H and O–H groups in total. The van der Waals surface area contributed by atoms with Gasteiger partial charge in [0.2, 0.25) is 0 Å². The summed E-state index contributed by atoms with van der Waals surface area (Å²) in [7, 11) is 0. The molecular weight excluding hydrogens is 390 g/mol. The molecule has 2 fully saturated rings. The van der Waals surface area contributed by atoms with Crippen LogP contribution in [0.5, 0.6) is 0 Å². The summed E-state index contributed by atoms with van der Waals surface area (Å²) in [4.78, 5) is 28.8. The summed E-state index contributed by atoms with van der Waals surface area (Å²) in [6, 6.07) is 1.89. The van der Waals surface area contributed by atoms with Gasteiger partial charge in [-0.3, -0.25) is 14.6 Å². The van der Waals surface area contributed by atoms with Crippen LogP contribution in [0.4, 0.5) is 0 Å². The molecule has 2 aliphatic heterocycles. The van der Waals surface area contributed by atoms with E-state index in [1.54, 1.807) is 6.33 Å². The Morgan fingerprint density at radius 3 is 2.83 bits per heavy atom. The van der Waals surface area contributed by atoms with E-state index in [0.29, 0.717) is 23.0 Å². The number of rotatable bonds is 6. The molecule has 0 aromatic carbocycles. The second kappa shape index (κ2) is 7.28. The van der Waals surface area contributed by atoms with Crippen molar-refractivity contribution in [1.82, 2.24) is 34.5 Å². The van der Waals surface area contributed by atoms with Gasteiger partial charge in [-0.15, -0.1) is 11.3 Å². The quantitative estimate of drug-likeness (QED) is 0.605. The molecule has 10 heteroatoms. The van der Waals surface area contributed by atoms with Gasteiger partial charge in [0.05, 0.1) is 25.2 Å². The third-order valence-corrected chi connectivity index (χ3v) is 7.22. The van der Waals surface area contributed by atoms with Gasteiger partial charge >= 0.3 is 0 Å². The van der Waals surface area contributed by atoms with Gasteiger partial charge in [-0.1, -0.05) is 0 Å². The third-order valence-electron chi connectivity index (χ3n) is 6.31. The van der Waals surface area contributed by atoms with Crippen LogP contribution in [0.25, 0.3) is 10.2 Å². The van der Waals surface area contributed by atoms with Gasteiger partial charge in [-0.2, -0.15) is 5.10 Å². The number of nitrogens with zero attached hydrogens (tertiary/aromatic N) is 6. The number of fused-ring (bicyclic) bond motifs is 2. The minimum Gasteiger partial charge on any atom is -0.396 e. The van der Waals surface area contributed by atoms with Crippen molar-refractivity contribution in [3.05, 3.63) is 39.8 Å². The molecular formula is C19H25N7O2S. The number of aryl methyl sites for hydroxylation is 1. The van der Waals surface area contributed by atoms with Crippen LogP contribution in [-0.2, 0) is 19.6 Å². The van der Waals surface area contributed by atoms with Crippen LogP contribution in [0, 0.1) is 11.3 Å². The molecule has 0 spiro atoms. The zero-order valence-corrected chi connectivity index (χ0v) is 17.2. The minimum atomic E-state index is -0.135. The van der Waals surface area contributed by atoms with Crippen molar-refractivity contribution >= 4 is 21.6 Å². The summed E-state index contributed by atoms with van der Waals surface area (Å²) < 4.78 is 2.60. The topological polar surface area (TPSA) is 103 Å². The molecule has 2 unspecified atom stereocenters. The van der Waals surface area contributed by atoms with E-state index >= 15 is 0 Å². The second-order valence-corrected chi connectivity index (χ2v) is 9.11. The molecule has 3 aromatic heterocycles. The monoisotopic (exact) mass is 415 g/mol. The fraction of sp³-hybridized carbons (Fsp3) is 0.579. The normalized spacial score (nSPS) is 25.2. The molecule has 0 saturated carbocycles. The largest absolute Gasteiger partial charge is 0.396 e. The maximum absolute atomic E-state index is 12.2. The highest BCUT2D eigenvalue weighted by Crippen LogP contribution is 2.42. The fourth-order valence-corrected chi connectivity index (χ4v) is 5.67. The molecule has 29 heavy (non-hydrogen) atoms. The molecule has 0 aliphatic carbocycles. The molecule has 154 valence electrons. The second-order valence-electron chi connectivity index (χ2n) is 8.20. The number of aromatic nitrogens is 5. The van der Waals surface area contributed by atoms with Crippen LogP contribution in [0.15, 0.2) is 22.6 Å². The van der Waals surface area contributed by atoms with Gasteiger partial charge in [0.1, 0.15) is 22.7 Å². The van der Waals surface area contributed by atoms with Gasteiger partial charge in [0, 0.05) is 38.1 Å². The molecule has 5 heterocycles. The summed E-state index contributed by atoms with van der Waals surface area (Å²) in [6.45, 7) is 7.87. The van der Waals surface area contributed by atoms with Crippen LogP contribution in [0.3, 0.4) is 0 Å². The fourth-order valence-electron chi connectivity index (χ4n) is 4.95. The maximum atomic E-state index is 12.2. The predicted octanol–water partition coefficient (Wildman–Crippen LogP) is 0.522. The van der Waals surface area contributed by atoms with Crippen molar-refractivity contribution in [3.63, 3.8) is 0 Å². The van der Waals surface area contributed by atoms with Crippen molar-refractivity contribution < 1.29 is 5.11 Å². The van der Waals surface area contributed by atoms with E-state index in [1.165, 1.54) is 11.3 Å². The van der Waals surface area contributed by atoms with Crippen molar-refractivity contribution in [2.24, 2.45) is 11.3 Å². The first-order valence-electron chi connectivity index (χ1n) is 9.99. The molecule has 0 amide bonds. The van der Waals surface area contributed by atoms with Crippen molar-refractivity contribution in [2.45, 2.75) is 26.6 Å². The Bertz CT molecular complexity index is 1080. The van der Waals surface area contributed by atoms with Gasteiger partial charge in [-0.05, 0) is 24.3 Å². The number of H-pyrrole nitrogens is 1. The molecule has 9 nitrogen and oxygen atoms in total. The summed E-state index contributed by atoms with van der Waals surface area (Å²) >= 11 is 1.42. The van der Waals surface area contributed by atoms with Gasteiger partial charge in [-0.25, -0.2) is 14.6 Å². The first-order chi connectivity index (χ1) is 14.1. The average molecular weight is 416 g/mol. The Morgan fingerprint density at radius 1 is 1.31 bits per heavy atom. The van der Waals surface area contributed by atoms with Crippen LogP contribution in [0.2, 0.25) is 0 Å². The molecule has 3 aromatic rings. The number of aliphatic hydroxyl groups excluding tert-OH is 1. The Labute approximate surface area is 172 Å². The smallest absolute Gasteiger partial charge is 0.268 e. The van der Waals surface area contributed by atoms with Gasteiger partial charge < -0.3 is 10.1 Å². The molecule has 0 radical (unpaired) electrons. The van der Waals surface area contributed by atoms with Crippen molar-refractivity contribution in [3.8, 4) is 0 Å². The highest BCUT2D eigenvalue weighted by atomic mass is 32.1. The summed E-state index contributed by atoms with van der Waals surface area (Å²) in [5, 5.41) is 16.4. The molecule has 2 aliphatic rings. The molecule has 0 bridgehead atoms. The number of hydrogen-bond donors (Lipinski definition) is 2. The highest BCUT2D eigenvalue weighted by Gasteiger charge is 2.52. The minimum absolute atomic E-state index is 0.0672. The molecule has 5 rings (SSSR count). The highest BCUT2D eigenvalue weighted by molar-refractivity contribution is 7.17. The summed E-state index contributed by atoms with van der Waals surface area (Å²) in [5.41, 5.74) is 0.558. The Morgan fingerprint density at radius 2 is 2.10 bits per heavy atom. The average Bonchev–Trinajstić information content (AvgIpc) is 3.44.